The summed E-state index contributed by atoms with van der Waals surface area (Å²) in [5, 5.41) is 0. The molecule has 1 atom stereocenters. The van der Waals surface area contributed by atoms with Crippen LogP contribution < -0.4 is 5.73 Å². The highest BCUT2D eigenvalue weighted by Crippen LogP contribution is 2.46. The molecule has 2 rings (SSSR count). The Morgan fingerprint density at radius 3 is 2.92 bits per heavy atom. The summed E-state index contributed by atoms with van der Waals surface area (Å²) in [7, 11) is 0. The number of halogens is 1. The molecule has 1 aromatic rings. The van der Waals surface area contributed by atoms with E-state index in [-0.39, 0.29) is 11.5 Å². The predicted octanol–water partition coefficient (Wildman–Crippen LogP) is 2.38. The molecule has 1 aromatic heterocycles. The quantitative estimate of drug-likeness (QED) is 0.702. The third-order valence-corrected chi connectivity index (χ3v) is 3.63. The van der Waals surface area contributed by atoms with Gasteiger partial charge in [-0.3, -0.25) is 0 Å². The number of thiazole rings is 1. The molecule has 0 bridgehead atoms. The van der Waals surface area contributed by atoms with Crippen LogP contribution in [-0.4, -0.2) is 4.98 Å². The molecule has 66 valence electrons. The Morgan fingerprint density at radius 2 is 2.33 bits per heavy atom. The van der Waals surface area contributed by atoms with Crippen molar-refractivity contribution >= 4 is 22.9 Å². The van der Waals surface area contributed by atoms with Crippen LogP contribution in [0.5, 0.6) is 0 Å². The number of nitrogens with zero attached hydrogens (tertiary/aromatic N) is 1. The zero-order valence-corrected chi connectivity index (χ0v) is 8.67. The summed E-state index contributed by atoms with van der Waals surface area (Å²) in [6, 6.07) is 0.0521. The van der Waals surface area contributed by atoms with Gasteiger partial charge in [0.15, 0.2) is 4.47 Å². The molecule has 2 N–H and O–H groups in total. The lowest BCUT2D eigenvalue weighted by atomic mass is 9.87. The van der Waals surface area contributed by atoms with Gasteiger partial charge in [0.25, 0.3) is 0 Å². The van der Waals surface area contributed by atoms with Gasteiger partial charge in [-0.05, 0) is 11.8 Å². The van der Waals surface area contributed by atoms with Crippen LogP contribution >= 0.6 is 22.9 Å². The summed E-state index contributed by atoms with van der Waals surface area (Å²) in [6.07, 6.45) is 1.01. The van der Waals surface area contributed by atoms with Crippen molar-refractivity contribution in [3.63, 3.8) is 0 Å². The molecule has 2 nitrogen and oxygen atoms in total. The largest absolute Gasteiger partial charge is 0.322 e. The maximum Gasteiger partial charge on any atom is 0.184 e. The molecule has 0 spiro atoms. The molecule has 1 aliphatic rings. The topological polar surface area (TPSA) is 38.9 Å². The maximum atomic E-state index is 6.02. The van der Waals surface area contributed by atoms with Crippen LogP contribution in [0.2, 0.25) is 4.47 Å². The van der Waals surface area contributed by atoms with Crippen molar-refractivity contribution in [2.24, 2.45) is 11.1 Å². The first-order valence-electron chi connectivity index (χ1n) is 3.91. The van der Waals surface area contributed by atoms with Gasteiger partial charge in [0.1, 0.15) is 0 Å². The van der Waals surface area contributed by atoms with E-state index in [0.29, 0.717) is 4.47 Å². The van der Waals surface area contributed by atoms with Gasteiger partial charge >= 0.3 is 0 Å². The van der Waals surface area contributed by atoms with Crippen molar-refractivity contribution in [1.82, 2.24) is 4.98 Å². The first-order chi connectivity index (χ1) is 5.50. The van der Waals surface area contributed by atoms with Crippen LogP contribution in [0.3, 0.4) is 0 Å². The fourth-order valence-electron chi connectivity index (χ4n) is 1.60. The summed E-state index contributed by atoms with van der Waals surface area (Å²) < 4.78 is 0.617. The molecule has 1 heterocycles. The average molecular weight is 203 g/mol. The van der Waals surface area contributed by atoms with Gasteiger partial charge in [-0.15, -0.1) is 11.3 Å². The van der Waals surface area contributed by atoms with Crippen molar-refractivity contribution < 1.29 is 0 Å². The van der Waals surface area contributed by atoms with E-state index in [1.807, 2.05) is 0 Å². The Morgan fingerprint density at radius 1 is 1.67 bits per heavy atom. The van der Waals surface area contributed by atoms with Gasteiger partial charge < -0.3 is 5.73 Å². The number of fused-ring (bicyclic) bond motifs is 1. The minimum Gasteiger partial charge on any atom is -0.322 e. The highest BCUT2D eigenvalue weighted by atomic mass is 35.5. The lowest BCUT2D eigenvalue weighted by molar-refractivity contribution is 0.316. The van der Waals surface area contributed by atoms with E-state index in [0.717, 1.165) is 12.1 Å². The van der Waals surface area contributed by atoms with E-state index >= 15 is 0 Å². The molecular weight excluding hydrogens is 192 g/mol. The van der Waals surface area contributed by atoms with E-state index in [1.54, 1.807) is 11.3 Å². The van der Waals surface area contributed by atoms with E-state index in [1.165, 1.54) is 4.88 Å². The van der Waals surface area contributed by atoms with Gasteiger partial charge in [0.05, 0.1) is 11.7 Å². The summed E-state index contributed by atoms with van der Waals surface area (Å²) in [5.74, 6) is 0. The van der Waals surface area contributed by atoms with E-state index in [4.69, 9.17) is 17.3 Å². The first-order valence-corrected chi connectivity index (χ1v) is 5.11. The van der Waals surface area contributed by atoms with Crippen LogP contribution in [-0.2, 0) is 6.42 Å². The van der Waals surface area contributed by atoms with Crippen LogP contribution in [0.1, 0.15) is 30.5 Å². The number of aromatic nitrogens is 1. The monoisotopic (exact) mass is 202 g/mol. The third kappa shape index (κ3) is 1.08. The molecule has 4 heteroatoms. The van der Waals surface area contributed by atoms with E-state index in [2.05, 4.69) is 18.8 Å². The second-order valence-electron chi connectivity index (χ2n) is 3.92. The minimum atomic E-state index is 0.0521. The fourth-order valence-corrected chi connectivity index (χ4v) is 3.04. The Bertz CT molecular complexity index is 319. The normalized spacial score (nSPS) is 25.8. The van der Waals surface area contributed by atoms with Gasteiger partial charge in [-0.2, -0.15) is 0 Å². The average Bonchev–Trinajstić information content (AvgIpc) is 2.35. The standard InChI is InChI=1S/C8H11ClN2S/c1-8(2)3-4-5(6(8)10)11-7(9)12-4/h6H,3,10H2,1-2H3/t6-/m1/s1. The highest BCUT2D eigenvalue weighted by Gasteiger charge is 2.39. The SMILES string of the molecule is CC1(C)Cc2sc(Cl)nc2[C@H]1N. The smallest absolute Gasteiger partial charge is 0.184 e. The van der Waals surface area contributed by atoms with E-state index < -0.39 is 0 Å². The Labute approximate surface area is 80.8 Å². The van der Waals surface area contributed by atoms with Gasteiger partial charge in [0, 0.05) is 4.88 Å². The Kier molecular flexibility index (Phi) is 1.72. The maximum absolute atomic E-state index is 6.02. The second kappa shape index (κ2) is 2.44. The van der Waals surface area contributed by atoms with Crippen molar-refractivity contribution in [3.8, 4) is 0 Å². The lowest BCUT2D eigenvalue weighted by Gasteiger charge is -2.22. The van der Waals surface area contributed by atoms with Crippen LogP contribution in [0.4, 0.5) is 0 Å². The molecule has 0 amide bonds. The zero-order chi connectivity index (χ0) is 8.93. The van der Waals surface area contributed by atoms with Gasteiger partial charge in [-0.25, -0.2) is 4.98 Å². The predicted molar refractivity (Wildman–Crippen MR) is 51.5 cm³/mol. The summed E-state index contributed by atoms with van der Waals surface area (Å²) in [5.41, 5.74) is 7.18. The summed E-state index contributed by atoms with van der Waals surface area (Å²) in [6.45, 7) is 4.33. The Hall–Kier alpha value is -0.120. The molecule has 0 saturated carbocycles. The first kappa shape index (κ1) is 8.48. The molecule has 0 aromatic carbocycles. The van der Waals surface area contributed by atoms with E-state index in [9.17, 15) is 0 Å². The van der Waals surface area contributed by atoms with Crippen molar-refractivity contribution in [2.45, 2.75) is 26.3 Å². The van der Waals surface area contributed by atoms with Crippen LogP contribution in [0.15, 0.2) is 0 Å². The minimum absolute atomic E-state index is 0.0521. The third-order valence-electron chi connectivity index (χ3n) is 2.45. The summed E-state index contributed by atoms with van der Waals surface area (Å²) >= 11 is 7.35. The molecule has 0 aliphatic heterocycles. The molecule has 12 heavy (non-hydrogen) atoms. The fraction of sp³-hybridized carbons (Fsp3) is 0.625. The number of hydrogen-bond acceptors (Lipinski definition) is 3. The second-order valence-corrected chi connectivity index (χ2v) is 5.58. The van der Waals surface area contributed by atoms with Crippen molar-refractivity contribution in [1.29, 1.82) is 0 Å². The van der Waals surface area contributed by atoms with Crippen molar-refractivity contribution in [2.75, 3.05) is 0 Å². The summed E-state index contributed by atoms with van der Waals surface area (Å²) in [4.78, 5) is 5.49. The van der Waals surface area contributed by atoms with Crippen LogP contribution in [0, 0.1) is 5.41 Å². The number of nitrogens with two attached hydrogens (primary N) is 1. The zero-order valence-electron chi connectivity index (χ0n) is 7.10. The van der Waals surface area contributed by atoms with Crippen molar-refractivity contribution in [3.05, 3.63) is 15.0 Å². The van der Waals surface area contributed by atoms with Gasteiger partial charge in [-0.1, -0.05) is 25.4 Å². The Balaban J connectivity index is 2.46. The number of rotatable bonds is 0. The molecular formula is C8H11ClN2S. The molecule has 0 unspecified atom stereocenters. The lowest BCUT2D eigenvalue weighted by Crippen LogP contribution is -2.25. The van der Waals surface area contributed by atoms with Gasteiger partial charge in [0.2, 0.25) is 0 Å². The molecule has 0 radical (unpaired) electrons. The molecule has 1 aliphatic carbocycles. The molecule has 0 saturated heterocycles. The van der Waals surface area contributed by atoms with Crippen LogP contribution in [0.25, 0.3) is 0 Å². The number of hydrogen-bond donors (Lipinski definition) is 1. The highest BCUT2D eigenvalue weighted by molar-refractivity contribution is 7.15. The molecule has 0 fully saturated rings.